The predicted molar refractivity (Wildman–Crippen MR) is 99.5 cm³/mol. The number of guanidine groups is 1. The number of aliphatic imine (C=N–C) groups is 1. The van der Waals surface area contributed by atoms with Gasteiger partial charge in [-0.15, -0.1) is 11.3 Å². The highest BCUT2D eigenvalue weighted by Crippen LogP contribution is 2.17. The van der Waals surface area contributed by atoms with Crippen molar-refractivity contribution in [1.29, 1.82) is 0 Å². The Morgan fingerprint density at radius 3 is 2.67 bits per heavy atom. The van der Waals surface area contributed by atoms with E-state index in [1.807, 2.05) is 0 Å². The lowest BCUT2D eigenvalue weighted by atomic mass is 10.2. The molecule has 0 amide bonds. The molecule has 0 unspecified atom stereocenters. The second-order valence-electron chi connectivity index (χ2n) is 6.17. The van der Waals surface area contributed by atoms with Gasteiger partial charge in [0.25, 0.3) is 0 Å². The fraction of sp³-hybridized carbons (Fsp3) is 0.733. The van der Waals surface area contributed by atoms with E-state index in [0.29, 0.717) is 25.6 Å². The van der Waals surface area contributed by atoms with Gasteiger partial charge in [-0.1, -0.05) is 13.8 Å². The molecule has 1 aromatic rings. The van der Waals surface area contributed by atoms with E-state index >= 15 is 0 Å². The number of rotatable bonds is 6. The van der Waals surface area contributed by atoms with Crippen molar-refractivity contribution in [2.75, 3.05) is 44.7 Å². The van der Waals surface area contributed by atoms with E-state index in [9.17, 15) is 8.42 Å². The summed E-state index contributed by atoms with van der Waals surface area (Å²) in [4.78, 5) is 11.0. The van der Waals surface area contributed by atoms with Crippen LogP contribution in [0.1, 0.15) is 30.5 Å². The van der Waals surface area contributed by atoms with Crippen LogP contribution in [0.5, 0.6) is 0 Å². The highest BCUT2D eigenvalue weighted by Gasteiger charge is 2.20. The fourth-order valence-corrected chi connectivity index (χ4v) is 4.53. The van der Waals surface area contributed by atoms with Gasteiger partial charge >= 0.3 is 0 Å². The minimum absolute atomic E-state index is 0.266. The second kappa shape index (κ2) is 8.77. The first-order chi connectivity index (χ1) is 11.4. The highest BCUT2D eigenvalue weighted by atomic mass is 32.2. The number of nitrogens with zero attached hydrogens (tertiary/aromatic N) is 3. The summed E-state index contributed by atoms with van der Waals surface area (Å²) < 4.78 is 22.8. The van der Waals surface area contributed by atoms with Gasteiger partial charge < -0.3 is 10.6 Å². The van der Waals surface area contributed by atoms with Crippen molar-refractivity contribution in [3.63, 3.8) is 0 Å². The number of thiazole rings is 1. The number of nitrogens with one attached hydrogen (secondary N) is 2. The molecule has 1 aliphatic heterocycles. The molecular weight excluding hydrogens is 346 g/mol. The Morgan fingerprint density at radius 2 is 2.08 bits per heavy atom. The maximum atomic E-state index is 11.4. The minimum Gasteiger partial charge on any atom is -0.355 e. The molecule has 1 aliphatic rings. The Balaban J connectivity index is 1.69. The third kappa shape index (κ3) is 6.03. The number of aromatic nitrogens is 1. The molecule has 0 bridgehead atoms. The zero-order chi connectivity index (χ0) is 17.6. The quantitative estimate of drug-likeness (QED) is 0.563. The Kier molecular flexibility index (Phi) is 7.00. The van der Waals surface area contributed by atoms with E-state index in [4.69, 9.17) is 0 Å². The monoisotopic (exact) mass is 373 g/mol. The highest BCUT2D eigenvalue weighted by molar-refractivity contribution is 7.91. The standard InChI is InChI=1S/C15H27N5O2S2/c1-12(2)13-11-23-14(19-13)10-18-15(16-3)17-4-5-20-6-8-24(21,22)9-7-20/h11-12H,4-10H2,1-3H3,(H2,16,17,18). The molecule has 9 heteroatoms. The zero-order valence-corrected chi connectivity index (χ0v) is 16.2. The third-order valence-corrected chi connectivity index (χ3v) is 6.43. The molecule has 0 atom stereocenters. The normalized spacial score (nSPS) is 18.8. The molecule has 0 spiro atoms. The lowest BCUT2D eigenvalue weighted by Gasteiger charge is -2.26. The van der Waals surface area contributed by atoms with Crippen LogP contribution in [-0.2, 0) is 16.4 Å². The van der Waals surface area contributed by atoms with Gasteiger partial charge in [-0.3, -0.25) is 9.89 Å². The molecule has 24 heavy (non-hydrogen) atoms. The summed E-state index contributed by atoms with van der Waals surface area (Å²) in [5.41, 5.74) is 1.12. The van der Waals surface area contributed by atoms with Crippen LogP contribution in [0, 0.1) is 0 Å². The maximum Gasteiger partial charge on any atom is 0.191 e. The lowest BCUT2D eigenvalue weighted by molar-refractivity contribution is 0.299. The minimum atomic E-state index is -2.81. The van der Waals surface area contributed by atoms with Crippen LogP contribution in [0.4, 0.5) is 0 Å². The molecule has 2 N–H and O–H groups in total. The molecule has 1 aromatic heterocycles. The van der Waals surface area contributed by atoms with Crippen LogP contribution in [0.15, 0.2) is 10.4 Å². The molecule has 0 aromatic carbocycles. The average Bonchev–Trinajstić information content (AvgIpc) is 3.01. The summed E-state index contributed by atoms with van der Waals surface area (Å²) in [6, 6.07) is 0. The van der Waals surface area contributed by atoms with Gasteiger partial charge in [-0.2, -0.15) is 0 Å². The summed E-state index contributed by atoms with van der Waals surface area (Å²) >= 11 is 1.66. The van der Waals surface area contributed by atoms with Crippen LogP contribution in [0.2, 0.25) is 0 Å². The van der Waals surface area contributed by atoms with E-state index in [0.717, 1.165) is 29.8 Å². The largest absolute Gasteiger partial charge is 0.355 e. The summed E-state index contributed by atoms with van der Waals surface area (Å²) in [6.45, 7) is 7.70. The van der Waals surface area contributed by atoms with E-state index in [1.165, 1.54) is 0 Å². The number of hydrogen-bond acceptors (Lipinski definition) is 6. The van der Waals surface area contributed by atoms with Crippen molar-refractivity contribution in [2.45, 2.75) is 26.3 Å². The van der Waals surface area contributed by atoms with Crippen molar-refractivity contribution < 1.29 is 8.42 Å². The fourth-order valence-electron chi connectivity index (χ4n) is 2.36. The first-order valence-corrected chi connectivity index (χ1v) is 10.9. The van der Waals surface area contributed by atoms with Crippen LogP contribution >= 0.6 is 11.3 Å². The van der Waals surface area contributed by atoms with Gasteiger partial charge in [0.15, 0.2) is 15.8 Å². The van der Waals surface area contributed by atoms with Crippen LogP contribution < -0.4 is 10.6 Å². The van der Waals surface area contributed by atoms with Gasteiger partial charge in [0.05, 0.1) is 23.7 Å². The Morgan fingerprint density at radius 1 is 1.38 bits per heavy atom. The maximum absolute atomic E-state index is 11.4. The SMILES string of the molecule is CN=C(NCCN1CCS(=O)(=O)CC1)NCc1nc(C(C)C)cs1. The van der Waals surface area contributed by atoms with E-state index in [-0.39, 0.29) is 11.5 Å². The summed E-state index contributed by atoms with van der Waals surface area (Å²) in [5.74, 6) is 1.71. The molecule has 1 fully saturated rings. The van der Waals surface area contributed by atoms with Crippen molar-refractivity contribution in [1.82, 2.24) is 20.5 Å². The molecule has 136 valence electrons. The molecule has 1 saturated heterocycles. The zero-order valence-electron chi connectivity index (χ0n) is 14.6. The topological polar surface area (TPSA) is 86.7 Å². The van der Waals surface area contributed by atoms with Gasteiger partial charge in [0.2, 0.25) is 0 Å². The average molecular weight is 374 g/mol. The van der Waals surface area contributed by atoms with Gasteiger partial charge in [-0.25, -0.2) is 13.4 Å². The van der Waals surface area contributed by atoms with Gasteiger partial charge in [-0.05, 0) is 5.92 Å². The number of hydrogen-bond donors (Lipinski definition) is 2. The third-order valence-electron chi connectivity index (χ3n) is 3.95. The Hall–Kier alpha value is -1.19. The van der Waals surface area contributed by atoms with Crippen molar-refractivity contribution in [3.8, 4) is 0 Å². The molecule has 0 aliphatic carbocycles. The summed E-state index contributed by atoms with van der Waals surface area (Å²) in [7, 11) is -1.07. The summed E-state index contributed by atoms with van der Waals surface area (Å²) in [5, 5.41) is 9.67. The predicted octanol–water partition coefficient (Wildman–Crippen LogP) is 0.662. The number of sulfone groups is 1. The first-order valence-electron chi connectivity index (χ1n) is 8.21. The smallest absolute Gasteiger partial charge is 0.191 e. The molecule has 0 radical (unpaired) electrons. The van der Waals surface area contributed by atoms with Crippen molar-refractivity contribution >= 4 is 27.1 Å². The Labute approximate surface area is 148 Å². The van der Waals surface area contributed by atoms with Crippen LogP contribution in [0.25, 0.3) is 0 Å². The van der Waals surface area contributed by atoms with Crippen LogP contribution in [-0.4, -0.2) is 69.0 Å². The van der Waals surface area contributed by atoms with E-state index < -0.39 is 9.84 Å². The molecule has 2 rings (SSSR count). The van der Waals surface area contributed by atoms with Crippen LogP contribution in [0.3, 0.4) is 0 Å². The van der Waals surface area contributed by atoms with Gasteiger partial charge in [0, 0.05) is 38.6 Å². The van der Waals surface area contributed by atoms with Crippen molar-refractivity contribution in [3.05, 3.63) is 16.1 Å². The molecular formula is C15H27N5O2S2. The Bertz CT molecular complexity index is 641. The molecule has 7 nitrogen and oxygen atoms in total. The van der Waals surface area contributed by atoms with E-state index in [1.54, 1.807) is 18.4 Å². The first kappa shape index (κ1) is 19.1. The molecule has 2 heterocycles. The second-order valence-corrected chi connectivity index (χ2v) is 9.41. The van der Waals surface area contributed by atoms with Gasteiger partial charge in [0.1, 0.15) is 5.01 Å². The van der Waals surface area contributed by atoms with Crippen molar-refractivity contribution in [2.24, 2.45) is 4.99 Å². The summed E-state index contributed by atoms with van der Waals surface area (Å²) in [6.07, 6.45) is 0. The lowest BCUT2D eigenvalue weighted by Crippen LogP contribution is -2.45. The van der Waals surface area contributed by atoms with E-state index in [2.05, 4.69) is 44.7 Å². The molecule has 0 saturated carbocycles.